The zero-order valence-corrected chi connectivity index (χ0v) is 15.4. The smallest absolute Gasteiger partial charge is 0.337 e. The summed E-state index contributed by atoms with van der Waals surface area (Å²) in [4.78, 5) is 39.1. The predicted octanol–water partition coefficient (Wildman–Crippen LogP) is 2.93. The third kappa shape index (κ3) is 2.45. The van der Waals surface area contributed by atoms with Crippen molar-refractivity contribution in [1.29, 1.82) is 0 Å². The van der Waals surface area contributed by atoms with Crippen LogP contribution < -0.4 is 4.90 Å². The first-order valence-corrected chi connectivity index (χ1v) is 8.95. The average molecular weight is 377 g/mol. The van der Waals surface area contributed by atoms with Crippen LogP contribution in [0, 0.1) is 0 Å². The fraction of sp³-hybridized carbons (Fsp3) is 0.227. The molecule has 2 aromatic carbocycles. The lowest BCUT2D eigenvalue weighted by Gasteiger charge is -2.28. The lowest BCUT2D eigenvalue weighted by atomic mass is 9.78. The van der Waals surface area contributed by atoms with Crippen LogP contribution in [0.15, 0.2) is 61.2 Å². The minimum atomic E-state index is -1.40. The zero-order valence-electron chi connectivity index (χ0n) is 15.4. The number of benzene rings is 2. The van der Waals surface area contributed by atoms with Gasteiger partial charge in [-0.1, -0.05) is 36.4 Å². The van der Waals surface area contributed by atoms with Gasteiger partial charge in [0.05, 0.1) is 24.8 Å². The van der Waals surface area contributed by atoms with Crippen molar-refractivity contribution in [1.82, 2.24) is 0 Å². The third-order valence-electron chi connectivity index (χ3n) is 5.34. The summed E-state index contributed by atoms with van der Waals surface area (Å²) in [5.41, 5.74) is 1.15. The quantitative estimate of drug-likeness (QED) is 0.605. The molecule has 0 aromatic heterocycles. The molecule has 6 heteroatoms. The molecule has 0 aliphatic carbocycles. The number of carbonyl (C=O) groups is 3. The molecule has 0 N–H and O–H groups in total. The number of methoxy groups -OCH3 is 1. The standard InChI is InChI=1S/C22H19NO5/c1-3-12-23-18-7-5-4-6-16(18)22(21(23)26)17(13-19(24)28-22)14-8-10-15(11-9-14)20(25)27-2/h3-11,17H,1,12-13H2,2H3/t17-,22-/m1/s1. The number of amides is 1. The molecule has 142 valence electrons. The molecule has 1 saturated heterocycles. The van der Waals surface area contributed by atoms with Gasteiger partial charge in [0.1, 0.15) is 0 Å². The number of esters is 2. The van der Waals surface area contributed by atoms with Gasteiger partial charge in [-0.2, -0.15) is 0 Å². The van der Waals surface area contributed by atoms with E-state index in [1.807, 2.05) is 24.3 Å². The van der Waals surface area contributed by atoms with Crippen LogP contribution in [-0.4, -0.2) is 31.5 Å². The lowest BCUT2D eigenvalue weighted by molar-refractivity contribution is -0.157. The van der Waals surface area contributed by atoms with Gasteiger partial charge < -0.3 is 14.4 Å². The monoisotopic (exact) mass is 377 g/mol. The minimum absolute atomic E-state index is 0.0829. The molecule has 2 aromatic rings. The summed E-state index contributed by atoms with van der Waals surface area (Å²) in [6.45, 7) is 4.05. The maximum Gasteiger partial charge on any atom is 0.337 e. The SMILES string of the molecule is C=CCN1C(=O)[C@@]2(OC(=O)C[C@@H]2c2ccc(C(=O)OC)cc2)c2ccccc21. The van der Waals surface area contributed by atoms with Gasteiger partial charge in [-0.3, -0.25) is 9.59 Å². The van der Waals surface area contributed by atoms with Crippen LogP contribution in [0.4, 0.5) is 5.69 Å². The molecule has 2 atom stereocenters. The molecule has 0 unspecified atom stereocenters. The number of hydrogen-bond acceptors (Lipinski definition) is 5. The van der Waals surface area contributed by atoms with Crippen molar-refractivity contribution in [2.75, 3.05) is 18.6 Å². The summed E-state index contributed by atoms with van der Waals surface area (Å²) in [5, 5.41) is 0. The fourth-order valence-corrected chi connectivity index (χ4v) is 4.12. The second-order valence-corrected chi connectivity index (χ2v) is 6.80. The summed E-state index contributed by atoms with van der Waals surface area (Å²) in [6, 6.07) is 14.1. The molecule has 0 saturated carbocycles. The molecule has 28 heavy (non-hydrogen) atoms. The van der Waals surface area contributed by atoms with E-state index in [4.69, 9.17) is 9.47 Å². The van der Waals surface area contributed by atoms with E-state index < -0.39 is 23.5 Å². The van der Waals surface area contributed by atoms with Gasteiger partial charge in [0.25, 0.3) is 5.91 Å². The van der Waals surface area contributed by atoms with Crippen LogP contribution in [0.5, 0.6) is 0 Å². The van der Waals surface area contributed by atoms with Gasteiger partial charge in [-0.05, 0) is 23.8 Å². The van der Waals surface area contributed by atoms with E-state index in [0.29, 0.717) is 17.7 Å². The van der Waals surface area contributed by atoms with Crippen molar-refractivity contribution in [3.8, 4) is 0 Å². The van der Waals surface area contributed by atoms with Gasteiger partial charge in [-0.15, -0.1) is 6.58 Å². The number of para-hydroxylation sites is 1. The van der Waals surface area contributed by atoms with Crippen LogP contribution in [0.2, 0.25) is 0 Å². The van der Waals surface area contributed by atoms with Crippen molar-refractivity contribution in [2.45, 2.75) is 17.9 Å². The van der Waals surface area contributed by atoms with E-state index in [9.17, 15) is 14.4 Å². The van der Waals surface area contributed by atoms with E-state index in [1.165, 1.54) is 7.11 Å². The molecular weight excluding hydrogens is 358 g/mol. The molecule has 1 fully saturated rings. The van der Waals surface area contributed by atoms with Crippen molar-refractivity contribution >= 4 is 23.5 Å². The summed E-state index contributed by atoms with van der Waals surface area (Å²) in [7, 11) is 1.32. The van der Waals surface area contributed by atoms with E-state index in [2.05, 4.69) is 6.58 Å². The maximum atomic E-state index is 13.5. The van der Waals surface area contributed by atoms with Gasteiger partial charge in [0, 0.05) is 18.0 Å². The normalized spacial score (nSPS) is 22.9. The fourth-order valence-electron chi connectivity index (χ4n) is 4.12. The summed E-state index contributed by atoms with van der Waals surface area (Å²) in [5.74, 6) is -1.64. The van der Waals surface area contributed by atoms with Gasteiger partial charge in [-0.25, -0.2) is 4.79 Å². The van der Waals surface area contributed by atoms with Gasteiger partial charge in [0.15, 0.2) is 0 Å². The Morgan fingerprint density at radius 1 is 1.25 bits per heavy atom. The number of ether oxygens (including phenoxy) is 2. The number of rotatable bonds is 4. The molecular formula is C22H19NO5. The highest BCUT2D eigenvalue weighted by Gasteiger charge is 2.62. The predicted molar refractivity (Wildman–Crippen MR) is 102 cm³/mol. The summed E-state index contributed by atoms with van der Waals surface area (Å²) in [6.07, 6.45) is 1.73. The molecule has 2 aliphatic rings. The number of nitrogens with zero attached hydrogens (tertiary/aromatic N) is 1. The molecule has 6 nitrogen and oxygen atoms in total. The number of anilines is 1. The lowest BCUT2D eigenvalue weighted by Crippen LogP contribution is -2.43. The zero-order chi connectivity index (χ0) is 19.9. The third-order valence-corrected chi connectivity index (χ3v) is 5.34. The van der Waals surface area contributed by atoms with Crippen LogP contribution in [0.25, 0.3) is 0 Å². The first-order valence-electron chi connectivity index (χ1n) is 8.95. The molecule has 2 heterocycles. The number of fused-ring (bicyclic) bond motifs is 2. The molecule has 0 bridgehead atoms. The van der Waals surface area contributed by atoms with Crippen LogP contribution in [0.1, 0.15) is 33.8 Å². The highest BCUT2D eigenvalue weighted by Crippen LogP contribution is 2.55. The molecule has 0 radical (unpaired) electrons. The van der Waals surface area contributed by atoms with Crippen molar-refractivity contribution < 1.29 is 23.9 Å². The second-order valence-electron chi connectivity index (χ2n) is 6.80. The molecule has 4 rings (SSSR count). The largest absolute Gasteiger partial charge is 0.465 e. The minimum Gasteiger partial charge on any atom is -0.465 e. The van der Waals surface area contributed by atoms with Gasteiger partial charge >= 0.3 is 11.9 Å². The highest BCUT2D eigenvalue weighted by atomic mass is 16.6. The molecule has 2 aliphatic heterocycles. The van der Waals surface area contributed by atoms with Crippen molar-refractivity contribution in [2.24, 2.45) is 0 Å². The van der Waals surface area contributed by atoms with Crippen molar-refractivity contribution in [3.63, 3.8) is 0 Å². The second kappa shape index (κ2) is 6.64. The van der Waals surface area contributed by atoms with Crippen LogP contribution in [0.3, 0.4) is 0 Å². The highest BCUT2D eigenvalue weighted by molar-refractivity contribution is 6.10. The molecule has 1 spiro atoms. The first kappa shape index (κ1) is 18.0. The van der Waals surface area contributed by atoms with E-state index in [1.54, 1.807) is 35.2 Å². The number of carbonyl (C=O) groups excluding carboxylic acids is 3. The molecule has 1 amide bonds. The summed E-state index contributed by atoms with van der Waals surface area (Å²) < 4.78 is 10.5. The summed E-state index contributed by atoms with van der Waals surface area (Å²) >= 11 is 0. The Morgan fingerprint density at radius 3 is 2.64 bits per heavy atom. The number of hydrogen-bond donors (Lipinski definition) is 0. The Bertz CT molecular complexity index is 981. The maximum absolute atomic E-state index is 13.5. The van der Waals surface area contributed by atoms with Crippen molar-refractivity contribution in [3.05, 3.63) is 77.9 Å². The first-order chi connectivity index (χ1) is 13.5. The van der Waals surface area contributed by atoms with Crippen LogP contribution >= 0.6 is 0 Å². The van der Waals surface area contributed by atoms with Gasteiger partial charge in [0.2, 0.25) is 5.60 Å². The Labute approximate surface area is 162 Å². The van der Waals surface area contributed by atoms with E-state index in [-0.39, 0.29) is 12.3 Å². The Hall–Kier alpha value is -3.41. The Kier molecular flexibility index (Phi) is 4.26. The Morgan fingerprint density at radius 2 is 1.96 bits per heavy atom. The van der Waals surface area contributed by atoms with Crippen LogP contribution in [-0.2, 0) is 24.7 Å². The van der Waals surface area contributed by atoms with E-state index in [0.717, 1.165) is 11.3 Å². The topological polar surface area (TPSA) is 72.9 Å². The average Bonchev–Trinajstić information content (AvgIpc) is 3.19. The Balaban J connectivity index is 1.83. The van der Waals surface area contributed by atoms with E-state index >= 15 is 0 Å².